The Balaban J connectivity index is 1.95. The second kappa shape index (κ2) is 7.01. The first kappa shape index (κ1) is 17.1. The lowest BCUT2D eigenvalue weighted by atomic mass is 9.94. The molecule has 2 aromatic rings. The molecule has 2 N–H and O–H groups in total. The number of aliphatic hydroxyl groups excluding tert-OH is 1. The zero-order chi connectivity index (χ0) is 17.2. The lowest BCUT2D eigenvalue weighted by Crippen LogP contribution is -2.38. The zero-order valence-electron chi connectivity index (χ0n) is 13.6. The number of hydrogen-bond donors (Lipinski definition) is 2. The molecule has 0 amide bonds. The maximum Gasteiger partial charge on any atom is 0.241 e. The van der Waals surface area contributed by atoms with Gasteiger partial charge in [-0.1, -0.05) is 18.2 Å². The van der Waals surface area contributed by atoms with Crippen molar-refractivity contribution in [2.45, 2.75) is 49.6 Å². The number of hydrogen-bond acceptors (Lipinski definition) is 4. The van der Waals surface area contributed by atoms with Crippen molar-refractivity contribution in [2.75, 3.05) is 0 Å². The van der Waals surface area contributed by atoms with E-state index in [9.17, 15) is 13.5 Å². The molecule has 5 nitrogen and oxygen atoms in total. The molecule has 1 fully saturated rings. The molecule has 0 bridgehead atoms. The van der Waals surface area contributed by atoms with Crippen LogP contribution in [0.2, 0.25) is 0 Å². The third-order valence-corrected chi connectivity index (χ3v) is 6.06. The predicted molar refractivity (Wildman–Crippen MR) is 93.0 cm³/mol. The molecule has 6 heteroatoms. The van der Waals surface area contributed by atoms with Gasteiger partial charge in [0.1, 0.15) is 0 Å². The third-order valence-electron chi connectivity index (χ3n) is 4.49. The van der Waals surface area contributed by atoms with Gasteiger partial charge >= 0.3 is 0 Å². The Bertz CT molecular complexity index is 798. The summed E-state index contributed by atoms with van der Waals surface area (Å²) in [7, 11) is -3.64. The van der Waals surface area contributed by atoms with Crippen molar-refractivity contribution in [3.05, 3.63) is 48.3 Å². The summed E-state index contributed by atoms with van der Waals surface area (Å²) >= 11 is 0. The minimum atomic E-state index is -3.64. The summed E-state index contributed by atoms with van der Waals surface area (Å²) in [6.45, 7) is 1.90. The molecular formula is C18H22N2O3S. The average molecular weight is 346 g/mol. The third kappa shape index (κ3) is 3.66. The van der Waals surface area contributed by atoms with Crippen LogP contribution in [-0.2, 0) is 10.0 Å². The van der Waals surface area contributed by atoms with Crippen molar-refractivity contribution in [1.29, 1.82) is 0 Å². The number of sulfonamides is 1. The molecule has 128 valence electrons. The fourth-order valence-corrected chi connectivity index (χ4v) is 4.83. The first-order chi connectivity index (χ1) is 11.5. The van der Waals surface area contributed by atoms with Gasteiger partial charge in [0.2, 0.25) is 10.0 Å². The predicted octanol–water partition coefficient (Wildman–Crippen LogP) is 2.64. The van der Waals surface area contributed by atoms with Crippen LogP contribution in [0.5, 0.6) is 0 Å². The number of rotatable bonds is 4. The summed E-state index contributed by atoms with van der Waals surface area (Å²) in [5.41, 5.74) is 2.37. The van der Waals surface area contributed by atoms with Crippen molar-refractivity contribution < 1.29 is 13.5 Å². The molecule has 1 aliphatic rings. The van der Waals surface area contributed by atoms with Gasteiger partial charge in [0.05, 0.1) is 11.0 Å². The van der Waals surface area contributed by atoms with Crippen LogP contribution in [-0.4, -0.2) is 30.7 Å². The number of pyridine rings is 1. The molecule has 1 saturated carbocycles. The summed E-state index contributed by atoms with van der Waals surface area (Å²) in [6.07, 6.45) is 5.63. The second-order valence-corrected chi connectivity index (χ2v) is 8.00. The van der Waals surface area contributed by atoms with Crippen LogP contribution in [0, 0.1) is 6.92 Å². The van der Waals surface area contributed by atoms with Gasteiger partial charge in [0.15, 0.2) is 0 Å². The number of nitrogens with one attached hydrogen (secondary N) is 1. The van der Waals surface area contributed by atoms with E-state index >= 15 is 0 Å². The first-order valence-corrected chi connectivity index (χ1v) is 9.66. The van der Waals surface area contributed by atoms with Crippen LogP contribution in [0.25, 0.3) is 11.1 Å². The standard InChI is InChI=1S/C18H22N2O3S/c1-13-4-2-6-17(18(13)14-5-3-11-19-12-14)24(22,23)20-15-7-9-16(21)10-8-15/h2-6,11-12,15-16,20-21H,7-10H2,1H3. The molecular weight excluding hydrogens is 324 g/mol. The Hall–Kier alpha value is -1.76. The Kier molecular flexibility index (Phi) is 4.99. The molecule has 0 atom stereocenters. The highest BCUT2D eigenvalue weighted by Gasteiger charge is 2.27. The van der Waals surface area contributed by atoms with E-state index in [2.05, 4.69) is 9.71 Å². The topological polar surface area (TPSA) is 79.3 Å². The Morgan fingerprint density at radius 3 is 2.54 bits per heavy atom. The molecule has 24 heavy (non-hydrogen) atoms. The quantitative estimate of drug-likeness (QED) is 0.892. The molecule has 0 spiro atoms. The highest BCUT2D eigenvalue weighted by Crippen LogP contribution is 2.31. The molecule has 1 aromatic carbocycles. The smallest absolute Gasteiger partial charge is 0.241 e. The number of aryl methyl sites for hydroxylation is 1. The summed E-state index contributed by atoms with van der Waals surface area (Å²) in [5, 5.41) is 9.59. The lowest BCUT2D eigenvalue weighted by molar-refractivity contribution is 0.120. The van der Waals surface area contributed by atoms with Gasteiger partial charge in [0, 0.05) is 29.6 Å². The van der Waals surface area contributed by atoms with Crippen molar-refractivity contribution in [3.63, 3.8) is 0 Å². The Morgan fingerprint density at radius 2 is 1.88 bits per heavy atom. The van der Waals surface area contributed by atoms with E-state index in [4.69, 9.17) is 0 Å². The van der Waals surface area contributed by atoms with E-state index in [0.717, 1.165) is 11.1 Å². The van der Waals surface area contributed by atoms with Crippen LogP contribution in [0.1, 0.15) is 31.2 Å². The highest BCUT2D eigenvalue weighted by molar-refractivity contribution is 7.89. The van der Waals surface area contributed by atoms with E-state index in [1.165, 1.54) is 0 Å². The summed E-state index contributed by atoms with van der Waals surface area (Å²) in [6, 6.07) is 8.84. The van der Waals surface area contributed by atoms with E-state index in [1.807, 2.05) is 19.1 Å². The fraction of sp³-hybridized carbons (Fsp3) is 0.389. The summed E-state index contributed by atoms with van der Waals surface area (Å²) in [5.74, 6) is 0. The van der Waals surface area contributed by atoms with E-state index in [1.54, 1.807) is 30.6 Å². The van der Waals surface area contributed by atoms with Crippen molar-refractivity contribution in [3.8, 4) is 11.1 Å². The minimum Gasteiger partial charge on any atom is -0.393 e. The number of aromatic nitrogens is 1. The Morgan fingerprint density at radius 1 is 1.12 bits per heavy atom. The number of nitrogens with zero attached hydrogens (tertiary/aromatic N) is 1. The van der Waals surface area contributed by atoms with E-state index < -0.39 is 10.0 Å². The van der Waals surface area contributed by atoms with Gasteiger partial charge in [-0.3, -0.25) is 4.98 Å². The van der Waals surface area contributed by atoms with Gasteiger partial charge in [-0.25, -0.2) is 13.1 Å². The van der Waals surface area contributed by atoms with Crippen molar-refractivity contribution in [1.82, 2.24) is 9.71 Å². The largest absolute Gasteiger partial charge is 0.393 e. The maximum atomic E-state index is 12.9. The first-order valence-electron chi connectivity index (χ1n) is 8.18. The molecule has 1 aromatic heterocycles. The average Bonchev–Trinajstić information content (AvgIpc) is 2.57. The molecule has 0 unspecified atom stereocenters. The zero-order valence-corrected chi connectivity index (χ0v) is 14.5. The van der Waals surface area contributed by atoms with Crippen LogP contribution >= 0.6 is 0 Å². The van der Waals surface area contributed by atoms with Crippen LogP contribution in [0.4, 0.5) is 0 Å². The second-order valence-electron chi connectivity index (χ2n) is 6.32. The normalized spacial score (nSPS) is 21.6. The van der Waals surface area contributed by atoms with Gasteiger partial charge in [-0.05, 0) is 50.3 Å². The summed E-state index contributed by atoms with van der Waals surface area (Å²) in [4.78, 5) is 4.39. The van der Waals surface area contributed by atoms with Gasteiger partial charge in [-0.2, -0.15) is 0 Å². The number of benzene rings is 1. The SMILES string of the molecule is Cc1cccc(S(=O)(=O)NC2CCC(O)CC2)c1-c1cccnc1. The minimum absolute atomic E-state index is 0.124. The van der Waals surface area contributed by atoms with Crippen LogP contribution in [0.15, 0.2) is 47.6 Å². The summed E-state index contributed by atoms with van der Waals surface area (Å²) < 4.78 is 28.7. The lowest BCUT2D eigenvalue weighted by Gasteiger charge is -2.26. The van der Waals surface area contributed by atoms with Crippen molar-refractivity contribution in [2.24, 2.45) is 0 Å². The fourth-order valence-electron chi connectivity index (χ4n) is 3.22. The van der Waals surface area contributed by atoms with Crippen molar-refractivity contribution >= 4 is 10.0 Å². The Labute approximate surface area is 142 Å². The molecule has 0 saturated heterocycles. The number of aliphatic hydroxyl groups is 1. The van der Waals surface area contributed by atoms with E-state index in [0.29, 0.717) is 31.2 Å². The molecule has 0 radical (unpaired) electrons. The molecule has 3 rings (SSSR count). The monoisotopic (exact) mass is 346 g/mol. The molecule has 1 heterocycles. The van der Waals surface area contributed by atoms with E-state index in [-0.39, 0.29) is 17.0 Å². The maximum absolute atomic E-state index is 12.9. The van der Waals surface area contributed by atoms with Gasteiger partial charge in [0.25, 0.3) is 0 Å². The highest BCUT2D eigenvalue weighted by atomic mass is 32.2. The molecule has 0 aliphatic heterocycles. The molecule has 1 aliphatic carbocycles. The van der Waals surface area contributed by atoms with Gasteiger partial charge in [-0.15, -0.1) is 0 Å². The van der Waals surface area contributed by atoms with Crippen LogP contribution in [0.3, 0.4) is 0 Å². The van der Waals surface area contributed by atoms with Crippen LogP contribution < -0.4 is 4.72 Å². The van der Waals surface area contributed by atoms with Gasteiger partial charge < -0.3 is 5.11 Å².